The smallest absolute Gasteiger partial charge is 0.238 e. The number of piperazine rings is 1. The van der Waals surface area contributed by atoms with E-state index in [0.29, 0.717) is 6.54 Å². The van der Waals surface area contributed by atoms with Crippen LogP contribution in [0.1, 0.15) is 17.0 Å². The Morgan fingerprint density at radius 2 is 1.63 bits per heavy atom. The fourth-order valence-electron chi connectivity index (χ4n) is 3.94. The Morgan fingerprint density at radius 1 is 0.967 bits per heavy atom. The van der Waals surface area contributed by atoms with E-state index in [1.165, 1.54) is 5.56 Å². The molecule has 2 aromatic rings. The number of anilines is 1. The molecule has 1 amide bonds. The van der Waals surface area contributed by atoms with Gasteiger partial charge in [-0.2, -0.15) is 0 Å². The lowest BCUT2D eigenvalue weighted by Gasteiger charge is -2.33. The van der Waals surface area contributed by atoms with E-state index in [2.05, 4.69) is 37.3 Å². The fraction of sp³-hybridized carbons (Fsp3) is 0.545. The fourth-order valence-corrected chi connectivity index (χ4v) is 3.94. The van der Waals surface area contributed by atoms with Crippen molar-refractivity contribution in [1.82, 2.24) is 19.9 Å². The summed E-state index contributed by atoms with van der Waals surface area (Å²) in [7, 11) is 0. The van der Waals surface area contributed by atoms with E-state index >= 15 is 0 Å². The van der Waals surface area contributed by atoms with Crippen LogP contribution in [0.15, 0.2) is 34.9 Å². The largest absolute Gasteiger partial charge is 0.379 e. The number of nitrogens with one attached hydrogen (secondary N) is 1. The van der Waals surface area contributed by atoms with Crippen molar-refractivity contribution < 1.29 is 14.1 Å². The van der Waals surface area contributed by atoms with Gasteiger partial charge >= 0.3 is 0 Å². The van der Waals surface area contributed by atoms with Crippen LogP contribution in [0.25, 0.3) is 0 Å². The van der Waals surface area contributed by atoms with Crippen LogP contribution < -0.4 is 5.32 Å². The normalized spacial score (nSPS) is 19.1. The lowest BCUT2D eigenvalue weighted by atomic mass is 10.2. The number of carbonyl (C=O) groups excluding carboxylic acids is 1. The number of aryl methyl sites for hydroxylation is 1. The van der Waals surface area contributed by atoms with E-state index in [4.69, 9.17) is 9.26 Å². The number of morpholine rings is 1. The maximum absolute atomic E-state index is 12.4. The van der Waals surface area contributed by atoms with Gasteiger partial charge in [-0.25, -0.2) is 0 Å². The maximum Gasteiger partial charge on any atom is 0.238 e. The first-order chi connectivity index (χ1) is 14.6. The number of hydrogen-bond donors (Lipinski definition) is 1. The summed E-state index contributed by atoms with van der Waals surface area (Å²) in [5.41, 5.74) is 3.08. The van der Waals surface area contributed by atoms with Gasteiger partial charge in [-0.3, -0.25) is 19.5 Å². The molecule has 4 rings (SSSR count). The van der Waals surface area contributed by atoms with Gasteiger partial charge in [0.05, 0.1) is 25.5 Å². The highest BCUT2D eigenvalue weighted by Gasteiger charge is 2.20. The third kappa shape index (κ3) is 6.12. The molecular weight excluding hydrogens is 382 g/mol. The quantitative estimate of drug-likeness (QED) is 0.739. The van der Waals surface area contributed by atoms with Crippen molar-refractivity contribution >= 4 is 11.6 Å². The van der Waals surface area contributed by atoms with Crippen LogP contribution in [0.5, 0.6) is 0 Å². The van der Waals surface area contributed by atoms with E-state index in [1.807, 2.05) is 25.1 Å². The minimum atomic E-state index is 0.0384. The second-order valence-corrected chi connectivity index (χ2v) is 8.11. The molecule has 0 bridgehead atoms. The molecule has 2 fully saturated rings. The summed E-state index contributed by atoms with van der Waals surface area (Å²) in [5.74, 6) is 0.881. The Kier molecular flexibility index (Phi) is 7.11. The van der Waals surface area contributed by atoms with Crippen LogP contribution in [-0.2, 0) is 22.6 Å². The molecule has 162 valence electrons. The number of nitrogens with zero attached hydrogens (tertiary/aromatic N) is 4. The molecule has 3 heterocycles. The number of aromatic nitrogens is 1. The molecule has 0 saturated carbocycles. The van der Waals surface area contributed by atoms with Crippen molar-refractivity contribution in [1.29, 1.82) is 0 Å². The molecule has 0 aliphatic carbocycles. The molecule has 8 nitrogen and oxygen atoms in total. The average Bonchev–Trinajstić information content (AvgIpc) is 3.16. The Bertz CT molecular complexity index is 808. The lowest BCUT2D eigenvalue weighted by molar-refractivity contribution is -0.117. The zero-order valence-corrected chi connectivity index (χ0v) is 17.7. The molecule has 8 heteroatoms. The predicted octanol–water partition coefficient (Wildman–Crippen LogP) is 1.57. The van der Waals surface area contributed by atoms with Gasteiger partial charge in [0, 0.05) is 64.1 Å². The summed E-state index contributed by atoms with van der Waals surface area (Å²) >= 11 is 0. The first kappa shape index (κ1) is 21.0. The second-order valence-electron chi connectivity index (χ2n) is 8.11. The molecular formula is C22H31N5O3. The highest BCUT2D eigenvalue weighted by atomic mass is 16.5. The standard InChI is InChI=1S/C22H31N5O3/c1-18-14-21(24-30-18)16-25-6-8-26(9-7-25)17-22(28)23-20-4-2-19(3-5-20)15-27-10-12-29-13-11-27/h2-5,14H,6-13,15-17H2,1H3,(H,23,28). The third-order valence-electron chi connectivity index (χ3n) is 5.64. The summed E-state index contributed by atoms with van der Waals surface area (Å²) in [6.07, 6.45) is 0. The molecule has 2 aliphatic heterocycles. The Balaban J connectivity index is 1.17. The van der Waals surface area contributed by atoms with Gasteiger partial charge in [-0.15, -0.1) is 0 Å². The summed E-state index contributed by atoms with van der Waals surface area (Å²) in [5, 5.41) is 7.08. The molecule has 1 aromatic heterocycles. The van der Waals surface area contributed by atoms with Crippen LogP contribution in [0.2, 0.25) is 0 Å². The van der Waals surface area contributed by atoms with Gasteiger partial charge in [0.2, 0.25) is 5.91 Å². The van der Waals surface area contributed by atoms with Crippen molar-refractivity contribution in [3.8, 4) is 0 Å². The summed E-state index contributed by atoms with van der Waals surface area (Å²) in [6.45, 7) is 11.2. The Morgan fingerprint density at radius 3 is 2.30 bits per heavy atom. The number of carbonyl (C=O) groups is 1. The van der Waals surface area contributed by atoms with Gasteiger partial charge in [0.25, 0.3) is 0 Å². The van der Waals surface area contributed by atoms with Gasteiger partial charge in [-0.05, 0) is 24.6 Å². The van der Waals surface area contributed by atoms with Gasteiger partial charge in [-0.1, -0.05) is 17.3 Å². The number of hydrogen-bond acceptors (Lipinski definition) is 7. The van der Waals surface area contributed by atoms with E-state index in [9.17, 15) is 4.79 Å². The SMILES string of the molecule is Cc1cc(CN2CCN(CC(=O)Nc3ccc(CN4CCOCC4)cc3)CC2)no1. The number of rotatable bonds is 7. The van der Waals surface area contributed by atoms with Crippen molar-refractivity contribution in [3.05, 3.63) is 47.3 Å². The first-order valence-corrected chi connectivity index (χ1v) is 10.7. The topological polar surface area (TPSA) is 74.1 Å². The van der Waals surface area contributed by atoms with Gasteiger partial charge in [0.15, 0.2) is 0 Å². The van der Waals surface area contributed by atoms with E-state index in [1.54, 1.807) is 0 Å². The minimum Gasteiger partial charge on any atom is -0.379 e. The predicted molar refractivity (Wildman–Crippen MR) is 114 cm³/mol. The number of amides is 1. The first-order valence-electron chi connectivity index (χ1n) is 10.7. The molecule has 0 radical (unpaired) electrons. The highest BCUT2D eigenvalue weighted by molar-refractivity contribution is 5.92. The highest BCUT2D eigenvalue weighted by Crippen LogP contribution is 2.13. The lowest BCUT2D eigenvalue weighted by Crippen LogP contribution is -2.48. The zero-order valence-electron chi connectivity index (χ0n) is 17.7. The second kappa shape index (κ2) is 10.2. The van der Waals surface area contributed by atoms with Crippen molar-refractivity contribution in [3.63, 3.8) is 0 Å². The molecule has 1 N–H and O–H groups in total. The van der Waals surface area contributed by atoms with Crippen molar-refractivity contribution in [2.75, 3.05) is 64.3 Å². The maximum atomic E-state index is 12.4. The molecule has 2 aliphatic rings. The van der Waals surface area contributed by atoms with Crippen LogP contribution in [0.4, 0.5) is 5.69 Å². The van der Waals surface area contributed by atoms with Crippen LogP contribution in [-0.4, -0.2) is 84.8 Å². The molecule has 0 spiro atoms. The Hall–Kier alpha value is -2.26. The third-order valence-corrected chi connectivity index (χ3v) is 5.64. The molecule has 2 saturated heterocycles. The Labute approximate surface area is 177 Å². The van der Waals surface area contributed by atoms with Gasteiger partial charge in [0.1, 0.15) is 5.76 Å². The van der Waals surface area contributed by atoms with Crippen LogP contribution >= 0.6 is 0 Å². The van der Waals surface area contributed by atoms with E-state index in [0.717, 1.165) is 82.7 Å². The monoisotopic (exact) mass is 413 g/mol. The van der Waals surface area contributed by atoms with Crippen LogP contribution in [0, 0.1) is 6.92 Å². The van der Waals surface area contributed by atoms with Crippen LogP contribution in [0.3, 0.4) is 0 Å². The molecule has 0 unspecified atom stereocenters. The number of ether oxygens (including phenoxy) is 1. The van der Waals surface area contributed by atoms with E-state index < -0.39 is 0 Å². The number of benzene rings is 1. The van der Waals surface area contributed by atoms with E-state index in [-0.39, 0.29) is 5.91 Å². The summed E-state index contributed by atoms with van der Waals surface area (Å²) in [4.78, 5) is 19.4. The molecule has 1 aromatic carbocycles. The molecule has 30 heavy (non-hydrogen) atoms. The van der Waals surface area contributed by atoms with Gasteiger partial charge < -0.3 is 14.6 Å². The molecule has 0 atom stereocenters. The van der Waals surface area contributed by atoms with Crippen molar-refractivity contribution in [2.45, 2.75) is 20.0 Å². The summed E-state index contributed by atoms with van der Waals surface area (Å²) in [6, 6.07) is 10.1. The minimum absolute atomic E-state index is 0.0384. The van der Waals surface area contributed by atoms with Crippen molar-refractivity contribution in [2.24, 2.45) is 0 Å². The zero-order chi connectivity index (χ0) is 20.8. The average molecular weight is 414 g/mol. The summed E-state index contributed by atoms with van der Waals surface area (Å²) < 4.78 is 10.5.